The molecule has 2 aliphatic rings. The lowest BCUT2D eigenvalue weighted by molar-refractivity contribution is -0.139. The van der Waals surface area contributed by atoms with E-state index in [-0.39, 0.29) is 18.5 Å². The van der Waals surface area contributed by atoms with Crippen molar-refractivity contribution in [3.8, 4) is 11.5 Å². The van der Waals surface area contributed by atoms with Crippen molar-refractivity contribution < 1.29 is 23.9 Å². The molecule has 4 amide bonds. The Labute approximate surface area is 209 Å². The number of likely N-dealkylation sites (tertiary alicyclic amines) is 1. The lowest BCUT2D eigenvalue weighted by Gasteiger charge is -2.28. The first-order chi connectivity index (χ1) is 17.4. The molecule has 8 heteroatoms. The molecule has 0 aromatic heterocycles. The quantitative estimate of drug-likeness (QED) is 0.532. The number of nitrogens with one attached hydrogen (secondary N) is 1. The molecule has 0 saturated carbocycles. The van der Waals surface area contributed by atoms with Gasteiger partial charge in [-0.05, 0) is 54.3 Å². The van der Waals surface area contributed by atoms with Crippen LogP contribution in [-0.2, 0) is 15.1 Å². The zero-order chi connectivity index (χ0) is 25.4. The molecule has 0 bridgehead atoms. The number of nitrogens with zero attached hydrogens (tertiary/aromatic N) is 2. The standard InChI is InChI=1S/C28H29N3O5/c1-28(22-11-6-9-18-8-4-5-10-20(18)22)26(33)31(27(34)29-28)17-25(32)30-15-7-12-23(30)21-16-19(35-2)13-14-24(21)36-3/h4-6,8-11,13-14,16,23H,7,12,15,17H2,1-3H3,(H,29,34)/t23-,28+/m1/s1. The van der Waals surface area contributed by atoms with Crippen LogP contribution in [0.4, 0.5) is 4.79 Å². The molecule has 2 aliphatic heterocycles. The number of hydrogen-bond acceptors (Lipinski definition) is 5. The van der Waals surface area contributed by atoms with Gasteiger partial charge in [0, 0.05) is 12.1 Å². The number of amides is 4. The van der Waals surface area contributed by atoms with Gasteiger partial charge in [-0.2, -0.15) is 0 Å². The molecule has 0 radical (unpaired) electrons. The fourth-order valence-electron chi connectivity index (χ4n) is 5.40. The van der Waals surface area contributed by atoms with Gasteiger partial charge in [0.05, 0.1) is 20.3 Å². The van der Waals surface area contributed by atoms with E-state index >= 15 is 0 Å². The lowest BCUT2D eigenvalue weighted by Crippen LogP contribution is -2.44. The van der Waals surface area contributed by atoms with Crippen molar-refractivity contribution in [3.05, 3.63) is 71.8 Å². The fourth-order valence-corrected chi connectivity index (χ4v) is 5.40. The van der Waals surface area contributed by atoms with Crippen molar-refractivity contribution in [1.29, 1.82) is 0 Å². The number of carbonyl (C=O) groups is 3. The van der Waals surface area contributed by atoms with E-state index in [1.54, 1.807) is 26.0 Å². The molecule has 0 unspecified atom stereocenters. The molecule has 2 atom stereocenters. The Morgan fingerprint density at radius 2 is 1.83 bits per heavy atom. The molecule has 1 N–H and O–H groups in total. The smallest absolute Gasteiger partial charge is 0.325 e. The molecule has 0 spiro atoms. The van der Waals surface area contributed by atoms with Crippen molar-refractivity contribution in [2.75, 3.05) is 27.3 Å². The maximum atomic E-state index is 13.6. The molecule has 3 aromatic rings. The van der Waals surface area contributed by atoms with Crippen LogP contribution in [0.3, 0.4) is 0 Å². The van der Waals surface area contributed by atoms with E-state index < -0.39 is 17.5 Å². The van der Waals surface area contributed by atoms with E-state index in [1.807, 2.05) is 60.7 Å². The highest BCUT2D eigenvalue weighted by molar-refractivity contribution is 6.10. The first-order valence-corrected chi connectivity index (χ1v) is 12.0. The monoisotopic (exact) mass is 487 g/mol. The fraction of sp³-hybridized carbons (Fsp3) is 0.321. The van der Waals surface area contributed by atoms with Gasteiger partial charge in [0.2, 0.25) is 5.91 Å². The third-order valence-corrected chi connectivity index (χ3v) is 7.27. The van der Waals surface area contributed by atoms with Gasteiger partial charge in [0.25, 0.3) is 5.91 Å². The Kier molecular flexibility index (Phi) is 6.04. The number of ether oxygens (including phenoxy) is 2. The average Bonchev–Trinajstić information content (AvgIpc) is 3.47. The van der Waals surface area contributed by atoms with Gasteiger partial charge in [-0.15, -0.1) is 0 Å². The topological polar surface area (TPSA) is 88.2 Å². The van der Waals surface area contributed by atoms with E-state index in [0.29, 0.717) is 23.6 Å². The van der Waals surface area contributed by atoms with E-state index in [2.05, 4.69) is 5.32 Å². The highest BCUT2D eigenvalue weighted by atomic mass is 16.5. The van der Waals surface area contributed by atoms with Crippen LogP contribution in [0.15, 0.2) is 60.7 Å². The lowest BCUT2D eigenvalue weighted by atomic mass is 9.88. The molecule has 8 nitrogen and oxygen atoms in total. The normalized spacial score (nSPS) is 21.7. The van der Waals surface area contributed by atoms with Crippen LogP contribution < -0.4 is 14.8 Å². The van der Waals surface area contributed by atoms with E-state index in [4.69, 9.17) is 9.47 Å². The number of rotatable bonds is 6. The number of carbonyl (C=O) groups excluding carboxylic acids is 3. The number of hydrogen-bond donors (Lipinski definition) is 1. The van der Waals surface area contributed by atoms with Crippen LogP contribution in [-0.4, -0.2) is 55.0 Å². The summed E-state index contributed by atoms with van der Waals surface area (Å²) in [6.07, 6.45) is 1.56. The third kappa shape index (κ3) is 3.82. The van der Waals surface area contributed by atoms with E-state index in [9.17, 15) is 14.4 Å². The summed E-state index contributed by atoms with van der Waals surface area (Å²) in [5.41, 5.74) is 0.285. The van der Waals surface area contributed by atoms with Gasteiger partial charge >= 0.3 is 6.03 Å². The van der Waals surface area contributed by atoms with Crippen molar-refractivity contribution in [2.24, 2.45) is 0 Å². The number of urea groups is 1. The number of benzene rings is 3. The Balaban J connectivity index is 1.40. The maximum absolute atomic E-state index is 13.6. The third-order valence-electron chi connectivity index (χ3n) is 7.27. The Hall–Kier alpha value is -4.07. The molecule has 2 fully saturated rings. The SMILES string of the molecule is COc1ccc(OC)c([C@H]2CCCN2C(=O)CN2C(=O)N[C@@](C)(c3cccc4ccccc34)C2=O)c1. The van der Waals surface area contributed by atoms with Gasteiger partial charge in [-0.3, -0.25) is 14.5 Å². The summed E-state index contributed by atoms with van der Waals surface area (Å²) in [4.78, 5) is 42.8. The van der Waals surface area contributed by atoms with Crippen molar-refractivity contribution >= 4 is 28.6 Å². The molecule has 186 valence electrons. The molecule has 3 aromatic carbocycles. The van der Waals surface area contributed by atoms with Gasteiger partial charge < -0.3 is 19.7 Å². The highest BCUT2D eigenvalue weighted by Crippen LogP contribution is 2.39. The van der Waals surface area contributed by atoms with Crippen LogP contribution >= 0.6 is 0 Å². The minimum absolute atomic E-state index is 0.229. The number of imide groups is 1. The molecular weight excluding hydrogens is 458 g/mol. The van der Waals surface area contributed by atoms with Gasteiger partial charge in [0.15, 0.2) is 0 Å². The average molecular weight is 488 g/mol. The van der Waals surface area contributed by atoms with Crippen LogP contribution in [0.2, 0.25) is 0 Å². The summed E-state index contributed by atoms with van der Waals surface area (Å²) in [6, 6.07) is 18.1. The molecule has 36 heavy (non-hydrogen) atoms. The Morgan fingerprint density at radius 1 is 1.06 bits per heavy atom. The Morgan fingerprint density at radius 3 is 2.61 bits per heavy atom. The van der Waals surface area contributed by atoms with Gasteiger partial charge in [-0.1, -0.05) is 42.5 Å². The van der Waals surface area contributed by atoms with Gasteiger partial charge in [-0.25, -0.2) is 4.79 Å². The first kappa shape index (κ1) is 23.7. The molecule has 2 heterocycles. The molecular formula is C28H29N3O5. The summed E-state index contributed by atoms with van der Waals surface area (Å²) in [7, 11) is 3.18. The number of methoxy groups -OCH3 is 2. The van der Waals surface area contributed by atoms with E-state index in [1.165, 1.54) is 0 Å². The van der Waals surface area contributed by atoms with Crippen molar-refractivity contribution in [3.63, 3.8) is 0 Å². The van der Waals surface area contributed by atoms with Gasteiger partial charge in [0.1, 0.15) is 23.6 Å². The molecule has 5 rings (SSSR count). The minimum Gasteiger partial charge on any atom is -0.497 e. The van der Waals surface area contributed by atoms with Crippen molar-refractivity contribution in [1.82, 2.24) is 15.1 Å². The van der Waals surface area contributed by atoms with Crippen LogP contribution in [0, 0.1) is 0 Å². The first-order valence-electron chi connectivity index (χ1n) is 12.0. The summed E-state index contributed by atoms with van der Waals surface area (Å²) >= 11 is 0. The highest BCUT2D eigenvalue weighted by Gasteiger charge is 2.50. The van der Waals surface area contributed by atoms with Crippen LogP contribution in [0.5, 0.6) is 11.5 Å². The molecule has 0 aliphatic carbocycles. The zero-order valence-electron chi connectivity index (χ0n) is 20.6. The largest absolute Gasteiger partial charge is 0.497 e. The number of fused-ring (bicyclic) bond motifs is 1. The van der Waals surface area contributed by atoms with Crippen LogP contribution in [0.25, 0.3) is 10.8 Å². The second-order valence-corrected chi connectivity index (χ2v) is 9.33. The summed E-state index contributed by atoms with van der Waals surface area (Å²) in [5, 5.41) is 4.70. The second kappa shape index (κ2) is 9.18. The summed E-state index contributed by atoms with van der Waals surface area (Å²) < 4.78 is 10.9. The zero-order valence-corrected chi connectivity index (χ0v) is 20.6. The summed E-state index contributed by atoms with van der Waals surface area (Å²) in [6.45, 7) is 1.90. The van der Waals surface area contributed by atoms with Crippen LogP contribution in [0.1, 0.15) is 36.9 Å². The van der Waals surface area contributed by atoms with E-state index in [0.717, 1.165) is 34.1 Å². The predicted octanol–water partition coefficient (Wildman–Crippen LogP) is 3.99. The summed E-state index contributed by atoms with van der Waals surface area (Å²) in [5.74, 6) is 0.615. The van der Waals surface area contributed by atoms with Crippen molar-refractivity contribution in [2.45, 2.75) is 31.3 Å². The molecule has 2 saturated heterocycles. The maximum Gasteiger partial charge on any atom is 0.325 e. The predicted molar refractivity (Wildman–Crippen MR) is 135 cm³/mol. The minimum atomic E-state index is -1.27. The second-order valence-electron chi connectivity index (χ2n) is 9.33. The Bertz CT molecular complexity index is 1350.